The van der Waals surface area contributed by atoms with Gasteiger partial charge in [0.15, 0.2) is 17.9 Å². The first kappa shape index (κ1) is 43.5. The number of hydrogen-bond donors (Lipinski definition) is 3. The Balaban J connectivity index is 0.000000190. The van der Waals surface area contributed by atoms with Crippen molar-refractivity contribution in [3.05, 3.63) is 150 Å². The summed E-state index contributed by atoms with van der Waals surface area (Å²) >= 11 is 0. The number of anilines is 1. The van der Waals surface area contributed by atoms with E-state index in [-0.39, 0.29) is 59.6 Å². The highest BCUT2D eigenvalue weighted by atomic mass is 19.4. The maximum Gasteiger partial charge on any atom is 0.417 e. The Morgan fingerprint density at radius 2 is 1.19 bits per heavy atom. The first-order chi connectivity index (χ1) is 30.3. The molecule has 5 aromatic heterocycles. The van der Waals surface area contributed by atoms with Crippen molar-refractivity contribution in [1.82, 2.24) is 45.1 Å². The number of alkyl halides is 3. The Bertz CT molecular complexity index is 2840. The highest BCUT2D eigenvalue weighted by molar-refractivity contribution is 5.96. The Morgan fingerprint density at radius 3 is 1.76 bits per heavy atom. The molecule has 3 N–H and O–H groups in total. The zero-order valence-corrected chi connectivity index (χ0v) is 35.2. The van der Waals surface area contributed by atoms with Gasteiger partial charge in [-0.25, -0.2) is 14.3 Å². The lowest BCUT2D eigenvalue weighted by molar-refractivity contribution is -0.136. The van der Waals surface area contributed by atoms with Crippen molar-refractivity contribution in [3.63, 3.8) is 0 Å². The molecule has 5 heterocycles. The standard InChI is InChI=1S/C24H22F3N5O.C23H23N5O2/c1-15(16-9-5-3-6-10-16)29-20(33)14-28-19-13-18(24(25,26)27)21-22(17-11-7-4-8-12-17)31-32(2)23(21)30-19;1-15-13-20(30-14-19(29)25-16(2)17-9-11-24-12-10-17)26-23-21(15)22(27-28(23)3)18-7-5-4-6-8-18/h3-13,15H,14H2,1-2H3,(H,28,30)(H,29,33);4-13,16H,14H2,1-3H3,(H,25,29). The number of pyridine rings is 3. The van der Waals surface area contributed by atoms with E-state index in [9.17, 15) is 22.8 Å². The van der Waals surface area contributed by atoms with Gasteiger partial charge in [0.25, 0.3) is 5.91 Å². The van der Waals surface area contributed by atoms with Crippen LogP contribution in [0.5, 0.6) is 5.88 Å². The number of benzene rings is 3. The molecule has 0 fully saturated rings. The fourth-order valence-electron chi connectivity index (χ4n) is 7.08. The minimum Gasteiger partial charge on any atom is -0.468 e. The molecule has 13 nitrogen and oxygen atoms in total. The average Bonchev–Trinajstić information content (AvgIpc) is 3.81. The summed E-state index contributed by atoms with van der Waals surface area (Å²) in [6.45, 7) is 5.41. The molecule has 0 spiro atoms. The van der Waals surface area contributed by atoms with Gasteiger partial charge in [-0.1, -0.05) is 91.0 Å². The fourth-order valence-corrected chi connectivity index (χ4v) is 7.08. The van der Waals surface area contributed by atoms with Crippen LogP contribution in [0.15, 0.2) is 128 Å². The van der Waals surface area contributed by atoms with E-state index in [0.717, 1.165) is 45.0 Å². The van der Waals surface area contributed by atoms with Crippen LogP contribution < -0.4 is 20.7 Å². The number of carbonyl (C=O) groups excluding carboxylic acids is 2. The first-order valence-corrected chi connectivity index (χ1v) is 20.1. The Labute approximate surface area is 361 Å². The van der Waals surface area contributed by atoms with Gasteiger partial charge in [0.2, 0.25) is 11.8 Å². The number of nitrogens with zero attached hydrogens (tertiary/aromatic N) is 7. The number of fused-ring (bicyclic) bond motifs is 2. The molecule has 3 aromatic carbocycles. The number of aromatic nitrogens is 7. The van der Waals surface area contributed by atoms with Crippen LogP contribution >= 0.6 is 0 Å². The molecule has 0 aliphatic heterocycles. The molecule has 0 bridgehead atoms. The molecule has 322 valence electrons. The molecular formula is C47H45F3N10O3. The summed E-state index contributed by atoms with van der Waals surface area (Å²) in [4.78, 5) is 37.6. The summed E-state index contributed by atoms with van der Waals surface area (Å²) in [5.41, 5.74) is 5.51. The van der Waals surface area contributed by atoms with Gasteiger partial charge >= 0.3 is 6.18 Å². The summed E-state index contributed by atoms with van der Waals surface area (Å²) in [5, 5.41) is 18.3. The van der Waals surface area contributed by atoms with Crippen LogP contribution in [-0.4, -0.2) is 59.5 Å². The molecule has 0 radical (unpaired) electrons. The maximum atomic E-state index is 14.0. The number of carbonyl (C=O) groups is 2. The minimum atomic E-state index is -4.63. The molecule has 2 amide bonds. The van der Waals surface area contributed by atoms with Crippen LogP contribution in [0, 0.1) is 6.92 Å². The van der Waals surface area contributed by atoms with Crippen molar-refractivity contribution < 1.29 is 27.5 Å². The van der Waals surface area contributed by atoms with E-state index in [1.54, 1.807) is 54.5 Å². The second-order valence-corrected chi connectivity index (χ2v) is 14.8. The lowest BCUT2D eigenvalue weighted by Crippen LogP contribution is -2.32. The zero-order valence-electron chi connectivity index (χ0n) is 35.2. The van der Waals surface area contributed by atoms with Crippen LogP contribution in [-0.2, 0) is 29.9 Å². The molecule has 0 aliphatic rings. The Hall–Kier alpha value is -7.62. The Kier molecular flexibility index (Phi) is 13.1. The molecule has 2 atom stereocenters. The van der Waals surface area contributed by atoms with Gasteiger partial charge in [0.1, 0.15) is 17.2 Å². The molecule has 8 aromatic rings. The van der Waals surface area contributed by atoms with Crippen LogP contribution in [0.4, 0.5) is 19.0 Å². The van der Waals surface area contributed by atoms with Crippen molar-refractivity contribution in [3.8, 4) is 28.4 Å². The molecule has 0 aliphatic carbocycles. The summed E-state index contributed by atoms with van der Waals surface area (Å²) in [5.74, 6) is -0.236. The van der Waals surface area contributed by atoms with Crippen molar-refractivity contribution in [2.75, 3.05) is 18.5 Å². The summed E-state index contributed by atoms with van der Waals surface area (Å²) in [6.07, 6.45) is -1.23. The molecule has 63 heavy (non-hydrogen) atoms. The third kappa shape index (κ3) is 10.3. The Morgan fingerprint density at radius 1 is 0.683 bits per heavy atom. The van der Waals surface area contributed by atoms with Crippen molar-refractivity contribution in [1.29, 1.82) is 0 Å². The number of hydrogen-bond acceptors (Lipinski definition) is 9. The predicted molar refractivity (Wildman–Crippen MR) is 235 cm³/mol. The second kappa shape index (κ2) is 19.0. The largest absolute Gasteiger partial charge is 0.468 e. The highest BCUT2D eigenvalue weighted by Crippen LogP contribution is 2.40. The van der Waals surface area contributed by atoms with Gasteiger partial charge in [-0.3, -0.25) is 14.6 Å². The number of halogens is 3. The van der Waals surface area contributed by atoms with Gasteiger partial charge in [0, 0.05) is 43.7 Å². The molecule has 0 saturated carbocycles. The average molecular weight is 855 g/mol. The third-order valence-corrected chi connectivity index (χ3v) is 10.2. The quantitative estimate of drug-likeness (QED) is 0.110. The van der Waals surface area contributed by atoms with Gasteiger partial charge < -0.3 is 20.7 Å². The van der Waals surface area contributed by atoms with Crippen LogP contribution in [0.2, 0.25) is 0 Å². The topological polar surface area (TPSA) is 154 Å². The zero-order chi connectivity index (χ0) is 44.7. The van der Waals surface area contributed by atoms with Crippen LogP contribution in [0.1, 0.15) is 48.2 Å². The maximum absolute atomic E-state index is 14.0. The summed E-state index contributed by atoms with van der Waals surface area (Å²) < 4.78 is 50.7. The van der Waals surface area contributed by atoms with Gasteiger partial charge in [-0.05, 0) is 55.7 Å². The van der Waals surface area contributed by atoms with Gasteiger partial charge in [-0.2, -0.15) is 28.4 Å². The van der Waals surface area contributed by atoms with Crippen LogP contribution in [0.25, 0.3) is 44.6 Å². The predicted octanol–water partition coefficient (Wildman–Crippen LogP) is 8.54. The van der Waals surface area contributed by atoms with E-state index in [4.69, 9.17) is 4.74 Å². The third-order valence-electron chi connectivity index (χ3n) is 10.2. The number of ether oxygens (including phenoxy) is 1. The van der Waals surface area contributed by atoms with Gasteiger partial charge in [0.05, 0.1) is 35.0 Å². The molecular weight excluding hydrogens is 810 g/mol. The SMILES string of the molecule is CC(NC(=O)CNc1cc(C(F)(F)F)c2c(-c3ccccc3)nn(C)c2n1)c1ccccc1.Cc1cc(OCC(=O)NC(C)c2ccncc2)nc2c1c(-c1ccccc1)nn2C. The van der Waals surface area contributed by atoms with E-state index in [0.29, 0.717) is 11.4 Å². The summed E-state index contributed by atoms with van der Waals surface area (Å²) in [7, 11) is 3.40. The minimum absolute atomic E-state index is 0.0556. The monoisotopic (exact) mass is 854 g/mol. The number of amides is 2. The summed E-state index contributed by atoms with van der Waals surface area (Å²) in [6, 6.07) is 34.2. The molecule has 8 rings (SSSR count). The lowest BCUT2D eigenvalue weighted by atomic mass is 10.0. The highest BCUT2D eigenvalue weighted by Gasteiger charge is 2.36. The van der Waals surface area contributed by atoms with E-state index < -0.39 is 11.7 Å². The van der Waals surface area contributed by atoms with E-state index in [2.05, 4.69) is 41.1 Å². The smallest absolute Gasteiger partial charge is 0.417 e. The van der Waals surface area contributed by atoms with E-state index >= 15 is 0 Å². The van der Waals surface area contributed by atoms with Crippen molar-refractivity contribution in [2.45, 2.75) is 39.0 Å². The van der Waals surface area contributed by atoms with E-state index in [1.807, 2.05) is 107 Å². The first-order valence-electron chi connectivity index (χ1n) is 20.1. The van der Waals surface area contributed by atoms with Gasteiger partial charge in [-0.15, -0.1) is 0 Å². The molecule has 16 heteroatoms. The van der Waals surface area contributed by atoms with E-state index in [1.165, 1.54) is 4.68 Å². The van der Waals surface area contributed by atoms with Crippen molar-refractivity contribution in [2.24, 2.45) is 14.1 Å². The molecule has 2 unspecified atom stereocenters. The number of aryl methyl sites for hydroxylation is 3. The normalized spacial score (nSPS) is 12.3. The lowest BCUT2D eigenvalue weighted by Gasteiger charge is -2.15. The number of rotatable bonds is 12. The number of nitrogens with one attached hydrogen (secondary N) is 3. The molecule has 0 saturated heterocycles. The van der Waals surface area contributed by atoms with Crippen molar-refractivity contribution >= 4 is 39.7 Å². The second-order valence-electron chi connectivity index (χ2n) is 14.8. The fraction of sp³-hybridized carbons (Fsp3) is 0.213. The van der Waals surface area contributed by atoms with Crippen LogP contribution in [0.3, 0.4) is 0 Å².